The minimum atomic E-state index is -0.375. The first-order valence-electron chi connectivity index (χ1n) is 7.09. The quantitative estimate of drug-likeness (QED) is 0.882. The van der Waals surface area contributed by atoms with Crippen molar-refractivity contribution in [3.8, 4) is 0 Å². The van der Waals surface area contributed by atoms with E-state index in [4.69, 9.17) is 0 Å². The Hall–Kier alpha value is -0.860. The highest BCUT2D eigenvalue weighted by atomic mass is 16.3. The lowest BCUT2D eigenvalue weighted by Gasteiger charge is -2.22. The zero-order valence-electron chi connectivity index (χ0n) is 11.6. The Morgan fingerprint density at radius 2 is 1.72 bits per heavy atom. The number of rotatable bonds is 4. The van der Waals surface area contributed by atoms with Crippen LogP contribution in [-0.4, -0.2) is 30.6 Å². The summed E-state index contributed by atoms with van der Waals surface area (Å²) in [6.07, 6.45) is 6.43. The monoisotopic (exact) mass is 247 g/mol. The van der Waals surface area contributed by atoms with Crippen LogP contribution in [0.5, 0.6) is 0 Å². The van der Waals surface area contributed by atoms with E-state index in [1.165, 1.54) is 37.7 Å². The van der Waals surface area contributed by atoms with Gasteiger partial charge in [-0.05, 0) is 44.0 Å². The molecule has 2 heteroatoms. The molecule has 1 saturated carbocycles. The van der Waals surface area contributed by atoms with Crippen molar-refractivity contribution in [2.75, 3.05) is 20.6 Å². The lowest BCUT2D eigenvalue weighted by Crippen LogP contribution is -2.20. The van der Waals surface area contributed by atoms with E-state index < -0.39 is 0 Å². The summed E-state index contributed by atoms with van der Waals surface area (Å²) in [5, 5.41) is 10.1. The smallest absolute Gasteiger partial charge is 0.0916 e. The van der Waals surface area contributed by atoms with Gasteiger partial charge in [0.1, 0.15) is 0 Å². The zero-order chi connectivity index (χ0) is 13.0. The van der Waals surface area contributed by atoms with Crippen LogP contribution in [-0.2, 0) is 0 Å². The molecule has 0 aromatic heterocycles. The molecule has 100 valence electrons. The molecule has 0 radical (unpaired) electrons. The molecule has 1 aromatic rings. The van der Waals surface area contributed by atoms with Gasteiger partial charge in [-0.25, -0.2) is 0 Å². The van der Waals surface area contributed by atoms with Gasteiger partial charge in [0.2, 0.25) is 0 Å². The van der Waals surface area contributed by atoms with Crippen LogP contribution in [0.25, 0.3) is 0 Å². The molecular weight excluding hydrogens is 222 g/mol. The molecule has 1 atom stereocenters. The molecule has 2 nitrogen and oxygen atoms in total. The summed E-state index contributed by atoms with van der Waals surface area (Å²) in [6.45, 7) is 0.683. The number of likely N-dealkylation sites (N-methyl/N-ethyl adjacent to an activating group) is 1. The normalized spacial score (nSPS) is 19.1. The minimum absolute atomic E-state index is 0.375. The van der Waals surface area contributed by atoms with Crippen molar-refractivity contribution in [2.45, 2.75) is 44.1 Å². The van der Waals surface area contributed by atoms with Gasteiger partial charge in [-0.2, -0.15) is 0 Å². The number of hydrogen-bond donors (Lipinski definition) is 1. The molecule has 2 rings (SSSR count). The van der Waals surface area contributed by atoms with Gasteiger partial charge in [-0.1, -0.05) is 43.5 Å². The molecule has 18 heavy (non-hydrogen) atoms. The fourth-order valence-corrected chi connectivity index (χ4v) is 2.88. The second-order valence-electron chi connectivity index (χ2n) is 5.78. The van der Waals surface area contributed by atoms with Gasteiger partial charge in [0.15, 0.2) is 0 Å². The van der Waals surface area contributed by atoms with Gasteiger partial charge < -0.3 is 10.0 Å². The van der Waals surface area contributed by atoms with Crippen LogP contribution in [0.1, 0.15) is 55.3 Å². The fraction of sp³-hybridized carbons (Fsp3) is 0.625. The van der Waals surface area contributed by atoms with Crippen LogP contribution >= 0.6 is 0 Å². The summed E-state index contributed by atoms with van der Waals surface area (Å²) in [4.78, 5) is 2.01. The number of hydrogen-bond acceptors (Lipinski definition) is 2. The van der Waals surface area contributed by atoms with Crippen LogP contribution in [0, 0.1) is 0 Å². The highest BCUT2D eigenvalue weighted by molar-refractivity contribution is 5.27. The molecule has 1 unspecified atom stereocenters. The summed E-state index contributed by atoms with van der Waals surface area (Å²) in [5.74, 6) is 0.749. The molecule has 0 heterocycles. The molecule has 1 aromatic carbocycles. The van der Waals surface area contributed by atoms with Crippen LogP contribution in [0.4, 0.5) is 0 Å². The third-order valence-electron chi connectivity index (χ3n) is 3.94. The summed E-state index contributed by atoms with van der Waals surface area (Å²) < 4.78 is 0. The first-order valence-corrected chi connectivity index (χ1v) is 7.09. The Bertz CT molecular complexity index is 352. The van der Waals surface area contributed by atoms with Gasteiger partial charge in [0, 0.05) is 6.54 Å². The summed E-state index contributed by atoms with van der Waals surface area (Å²) in [5.41, 5.74) is 2.48. The Morgan fingerprint density at radius 3 is 2.28 bits per heavy atom. The van der Waals surface area contributed by atoms with E-state index in [0.717, 1.165) is 11.5 Å². The Labute approximate surface area is 111 Å². The van der Waals surface area contributed by atoms with Crippen LogP contribution < -0.4 is 0 Å². The van der Waals surface area contributed by atoms with Crippen LogP contribution in [0.3, 0.4) is 0 Å². The summed E-state index contributed by atoms with van der Waals surface area (Å²) in [6, 6.07) is 8.62. The Balaban J connectivity index is 2.00. The van der Waals surface area contributed by atoms with E-state index in [0.29, 0.717) is 6.54 Å². The van der Waals surface area contributed by atoms with E-state index in [1.807, 2.05) is 19.0 Å². The summed E-state index contributed by atoms with van der Waals surface area (Å²) in [7, 11) is 3.97. The maximum absolute atomic E-state index is 10.1. The highest BCUT2D eigenvalue weighted by Crippen LogP contribution is 2.32. The van der Waals surface area contributed by atoms with E-state index in [9.17, 15) is 5.11 Å². The average molecular weight is 247 g/mol. The van der Waals surface area contributed by atoms with Gasteiger partial charge >= 0.3 is 0 Å². The van der Waals surface area contributed by atoms with Crippen molar-refractivity contribution >= 4 is 0 Å². The number of nitrogens with zero attached hydrogens (tertiary/aromatic N) is 1. The molecular formula is C16H25NO. The standard InChI is InChI=1S/C16H25NO/c1-17(2)12-16(18)15-10-8-14(9-11-15)13-6-4-3-5-7-13/h8-11,13,16,18H,3-7,12H2,1-2H3. The van der Waals surface area contributed by atoms with Crippen LogP contribution in [0.15, 0.2) is 24.3 Å². The number of aliphatic hydroxyl groups excluding tert-OH is 1. The zero-order valence-corrected chi connectivity index (χ0v) is 11.6. The average Bonchev–Trinajstić information content (AvgIpc) is 2.39. The fourth-order valence-electron chi connectivity index (χ4n) is 2.88. The van der Waals surface area contributed by atoms with Crippen LogP contribution in [0.2, 0.25) is 0 Å². The van der Waals surface area contributed by atoms with Gasteiger partial charge in [-0.3, -0.25) is 0 Å². The molecule has 0 aliphatic heterocycles. The SMILES string of the molecule is CN(C)CC(O)c1ccc(C2CCCCC2)cc1. The molecule has 0 amide bonds. The first-order chi connectivity index (χ1) is 8.66. The third-order valence-corrected chi connectivity index (χ3v) is 3.94. The summed E-state index contributed by atoms with van der Waals surface area (Å²) >= 11 is 0. The molecule has 1 aliphatic carbocycles. The number of benzene rings is 1. The molecule has 1 aliphatic rings. The molecule has 0 bridgehead atoms. The van der Waals surface area contributed by atoms with Gasteiger partial charge in [0.25, 0.3) is 0 Å². The van der Waals surface area contributed by atoms with Crippen molar-refractivity contribution in [1.82, 2.24) is 4.90 Å². The van der Waals surface area contributed by atoms with Crippen molar-refractivity contribution in [3.05, 3.63) is 35.4 Å². The lowest BCUT2D eigenvalue weighted by molar-refractivity contribution is 0.138. The predicted octanol–water partition coefficient (Wildman–Crippen LogP) is 3.33. The molecule has 0 saturated heterocycles. The van der Waals surface area contributed by atoms with Gasteiger partial charge in [-0.15, -0.1) is 0 Å². The van der Waals surface area contributed by atoms with E-state index in [1.54, 1.807) is 0 Å². The third kappa shape index (κ3) is 3.56. The van der Waals surface area contributed by atoms with Crippen molar-refractivity contribution < 1.29 is 5.11 Å². The second kappa shape index (κ2) is 6.35. The van der Waals surface area contributed by atoms with E-state index in [2.05, 4.69) is 24.3 Å². The lowest BCUT2D eigenvalue weighted by atomic mass is 9.84. The topological polar surface area (TPSA) is 23.5 Å². The van der Waals surface area contributed by atoms with E-state index in [-0.39, 0.29) is 6.10 Å². The Kier molecular flexibility index (Phi) is 4.79. The molecule has 0 spiro atoms. The maximum atomic E-state index is 10.1. The maximum Gasteiger partial charge on any atom is 0.0916 e. The van der Waals surface area contributed by atoms with E-state index >= 15 is 0 Å². The van der Waals surface area contributed by atoms with Gasteiger partial charge in [0.05, 0.1) is 6.10 Å². The number of aliphatic hydroxyl groups is 1. The largest absolute Gasteiger partial charge is 0.387 e. The first kappa shape index (κ1) is 13.6. The highest BCUT2D eigenvalue weighted by Gasteiger charge is 2.16. The molecule has 1 fully saturated rings. The van der Waals surface area contributed by atoms with Crippen molar-refractivity contribution in [3.63, 3.8) is 0 Å². The van der Waals surface area contributed by atoms with Crippen molar-refractivity contribution in [1.29, 1.82) is 0 Å². The Morgan fingerprint density at radius 1 is 1.11 bits per heavy atom. The predicted molar refractivity (Wildman–Crippen MR) is 75.8 cm³/mol. The molecule has 1 N–H and O–H groups in total. The van der Waals surface area contributed by atoms with Crippen molar-refractivity contribution in [2.24, 2.45) is 0 Å². The second-order valence-corrected chi connectivity index (χ2v) is 5.78. The minimum Gasteiger partial charge on any atom is -0.387 e.